The van der Waals surface area contributed by atoms with E-state index < -0.39 is 0 Å². The number of hydrogen-bond acceptors (Lipinski definition) is 3. The van der Waals surface area contributed by atoms with E-state index in [2.05, 4.69) is 10.3 Å². The Morgan fingerprint density at radius 1 is 1.04 bits per heavy atom. The van der Waals surface area contributed by atoms with Gasteiger partial charge in [-0.05, 0) is 42.5 Å². The van der Waals surface area contributed by atoms with Gasteiger partial charge in [0.05, 0.1) is 12.6 Å². The van der Waals surface area contributed by atoms with E-state index in [0.717, 1.165) is 5.39 Å². The quantitative estimate of drug-likeness (QED) is 0.740. The number of halogens is 2. The molecule has 1 amide bonds. The molecule has 0 aliphatic carbocycles. The number of rotatable bonds is 3. The van der Waals surface area contributed by atoms with E-state index in [9.17, 15) is 4.79 Å². The number of nitrogens with zero attached hydrogens (tertiary/aromatic N) is 1. The summed E-state index contributed by atoms with van der Waals surface area (Å²) in [4.78, 5) is 16.8. The van der Waals surface area contributed by atoms with Crippen LogP contribution in [-0.4, -0.2) is 18.0 Å². The van der Waals surface area contributed by atoms with Crippen LogP contribution in [0.4, 0.5) is 5.69 Å². The average molecular weight is 347 g/mol. The van der Waals surface area contributed by atoms with Gasteiger partial charge in [-0.15, -0.1) is 0 Å². The van der Waals surface area contributed by atoms with Crippen LogP contribution in [0.1, 0.15) is 10.5 Å². The largest absolute Gasteiger partial charge is 0.496 e. The zero-order valence-corrected chi connectivity index (χ0v) is 13.7. The molecule has 23 heavy (non-hydrogen) atoms. The average Bonchev–Trinajstić information content (AvgIpc) is 2.56. The summed E-state index contributed by atoms with van der Waals surface area (Å²) in [7, 11) is 1.54. The smallest absolute Gasteiger partial charge is 0.274 e. The number of aromatic nitrogens is 1. The molecule has 1 heterocycles. The predicted molar refractivity (Wildman–Crippen MR) is 92.7 cm³/mol. The van der Waals surface area contributed by atoms with Gasteiger partial charge in [-0.2, -0.15) is 0 Å². The number of ether oxygens (including phenoxy) is 1. The monoisotopic (exact) mass is 346 g/mol. The third kappa shape index (κ3) is 3.38. The van der Waals surface area contributed by atoms with Crippen molar-refractivity contribution in [3.63, 3.8) is 0 Å². The van der Waals surface area contributed by atoms with Gasteiger partial charge in [-0.1, -0.05) is 23.2 Å². The Balaban J connectivity index is 1.97. The van der Waals surface area contributed by atoms with Crippen LogP contribution in [0.25, 0.3) is 10.9 Å². The highest BCUT2D eigenvalue weighted by atomic mass is 35.5. The molecule has 6 heteroatoms. The van der Waals surface area contributed by atoms with Gasteiger partial charge in [0.25, 0.3) is 5.91 Å². The number of carbonyl (C=O) groups is 1. The molecular formula is C17H12Cl2N2O2. The molecule has 0 saturated carbocycles. The van der Waals surface area contributed by atoms with Crippen molar-refractivity contribution in [1.29, 1.82) is 0 Å². The number of benzene rings is 2. The first-order chi connectivity index (χ1) is 11.1. The highest BCUT2D eigenvalue weighted by Crippen LogP contribution is 2.28. The third-order valence-corrected chi connectivity index (χ3v) is 3.77. The Kier molecular flexibility index (Phi) is 4.37. The molecule has 3 aromatic rings. The number of anilines is 1. The van der Waals surface area contributed by atoms with Crippen LogP contribution in [0.2, 0.25) is 10.0 Å². The summed E-state index contributed by atoms with van der Waals surface area (Å²) in [5.41, 5.74) is 1.53. The van der Waals surface area contributed by atoms with E-state index in [0.29, 0.717) is 27.0 Å². The lowest BCUT2D eigenvalue weighted by Gasteiger charge is -2.09. The minimum atomic E-state index is -0.331. The lowest BCUT2D eigenvalue weighted by Crippen LogP contribution is -2.14. The molecule has 1 aromatic heterocycles. The molecule has 0 atom stereocenters. The van der Waals surface area contributed by atoms with E-state index in [1.807, 2.05) is 0 Å². The van der Waals surface area contributed by atoms with Crippen LogP contribution in [0.3, 0.4) is 0 Å². The minimum absolute atomic E-state index is 0.256. The summed E-state index contributed by atoms with van der Waals surface area (Å²) >= 11 is 11.8. The maximum atomic E-state index is 12.4. The molecule has 0 spiro atoms. The summed E-state index contributed by atoms with van der Waals surface area (Å²) in [6, 6.07) is 13.7. The second kappa shape index (κ2) is 6.44. The van der Waals surface area contributed by atoms with Crippen molar-refractivity contribution < 1.29 is 9.53 Å². The molecule has 3 rings (SSSR count). The van der Waals surface area contributed by atoms with Crippen LogP contribution in [0.15, 0.2) is 48.5 Å². The van der Waals surface area contributed by atoms with Crippen molar-refractivity contribution >= 4 is 45.7 Å². The van der Waals surface area contributed by atoms with Gasteiger partial charge in [-0.25, -0.2) is 4.98 Å². The van der Waals surface area contributed by atoms with Crippen LogP contribution in [0, 0.1) is 0 Å². The molecule has 0 aliphatic heterocycles. The van der Waals surface area contributed by atoms with E-state index in [1.54, 1.807) is 48.5 Å². The van der Waals surface area contributed by atoms with Crippen LogP contribution in [-0.2, 0) is 0 Å². The van der Waals surface area contributed by atoms with Crippen molar-refractivity contribution in [3.05, 3.63) is 64.3 Å². The summed E-state index contributed by atoms with van der Waals surface area (Å²) < 4.78 is 5.34. The first-order valence-corrected chi connectivity index (χ1v) is 7.53. The molecule has 0 saturated heterocycles. The van der Waals surface area contributed by atoms with E-state index in [-0.39, 0.29) is 11.6 Å². The topological polar surface area (TPSA) is 51.2 Å². The Morgan fingerprint density at radius 3 is 2.43 bits per heavy atom. The fourth-order valence-electron chi connectivity index (χ4n) is 2.18. The number of hydrogen-bond donors (Lipinski definition) is 1. The van der Waals surface area contributed by atoms with Gasteiger partial charge in [0, 0.05) is 27.2 Å². The second-order valence-electron chi connectivity index (χ2n) is 4.83. The number of amides is 1. The summed E-state index contributed by atoms with van der Waals surface area (Å²) in [6.45, 7) is 0. The SMILES string of the molecule is COc1cc(C(=O)Nc2ccc(Cl)cc2)nc2ccc(Cl)cc12. The Labute approximate surface area is 143 Å². The maximum Gasteiger partial charge on any atom is 0.274 e. The fraction of sp³-hybridized carbons (Fsp3) is 0.0588. The summed E-state index contributed by atoms with van der Waals surface area (Å²) in [5.74, 6) is 0.209. The summed E-state index contributed by atoms with van der Waals surface area (Å²) in [5, 5.41) is 4.71. The minimum Gasteiger partial charge on any atom is -0.496 e. The Bertz CT molecular complexity index is 880. The lowest BCUT2D eigenvalue weighted by molar-refractivity contribution is 0.102. The van der Waals surface area contributed by atoms with Crippen molar-refractivity contribution in [1.82, 2.24) is 4.98 Å². The standard InChI is InChI=1S/C17H12Cl2N2O2/c1-23-16-9-15(21-14-7-4-11(19)8-13(14)16)17(22)20-12-5-2-10(18)3-6-12/h2-9H,1H3,(H,20,22). The van der Waals surface area contributed by atoms with Crippen molar-refractivity contribution in [2.45, 2.75) is 0 Å². The van der Waals surface area contributed by atoms with Gasteiger partial charge in [0.1, 0.15) is 11.4 Å². The third-order valence-electron chi connectivity index (χ3n) is 3.29. The predicted octanol–water partition coefficient (Wildman–Crippen LogP) is 4.80. The summed E-state index contributed by atoms with van der Waals surface area (Å²) in [6.07, 6.45) is 0. The highest BCUT2D eigenvalue weighted by molar-refractivity contribution is 6.31. The first kappa shape index (κ1) is 15.6. The molecule has 4 nitrogen and oxygen atoms in total. The van der Waals surface area contributed by atoms with Gasteiger partial charge < -0.3 is 10.1 Å². The van der Waals surface area contributed by atoms with Crippen LogP contribution >= 0.6 is 23.2 Å². The normalized spacial score (nSPS) is 10.6. The molecule has 2 aromatic carbocycles. The van der Waals surface area contributed by atoms with E-state index in [1.165, 1.54) is 7.11 Å². The van der Waals surface area contributed by atoms with E-state index in [4.69, 9.17) is 27.9 Å². The Morgan fingerprint density at radius 2 is 1.74 bits per heavy atom. The highest BCUT2D eigenvalue weighted by Gasteiger charge is 2.13. The van der Waals surface area contributed by atoms with Crippen molar-refractivity contribution in [3.8, 4) is 5.75 Å². The molecule has 116 valence electrons. The number of nitrogens with one attached hydrogen (secondary N) is 1. The molecular weight excluding hydrogens is 335 g/mol. The zero-order valence-electron chi connectivity index (χ0n) is 12.1. The maximum absolute atomic E-state index is 12.4. The zero-order chi connectivity index (χ0) is 16.4. The molecule has 0 unspecified atom stereocenters. The first-order valence-electron chi connectivity index (χ1n) is 6.78. The number of carbonyl (C=O) groups excluding carboxylic acids is 1. The number of fused-ring (bicyclic) bond motifs is 1. The lowest BCUT2D eigenvalue weighted by atomic mass is 10.1. The molecule has 0 fully saturated rings. The van der Waals surface area contributed by atoms with Gasteiger partial charge in [0.15, 0.2) is 0 Å². The molecule has 0 aliphatic rings. The van der Waals surface area contributed by atoms with Gasteiger partial charge in [0.2, 0.25) is 0 Å². The van der Waals surface area contributed by atoms with E-state index >= 15 is 0 Å². The molecule has 0 bridgehead atoms. The van der Waals surface area contributed by atoms with Crippen LogP contribution in [0.5, 0.6) is 5.75 Å². The molecule has 1 N–H and O–H groups in total. The number of methoxy groups -OCH3 is 1. The second-order valence-corrected chi connectivity index (χ2v) is 5.71. The molecule has 0 radical (unpaired) electrons. The van der Waals surface area contributed by atoms with Crippen molar-refractivity contribution in [2.75, 3.05) is 12.4 Å². The van der Waals surface area contributed by atoms with Gasteiger partial charge >= 0.3 is 0 Å². The fourth-order valence-corrected chi connectivity index (χ4v) is 2.48. The van der Waals surface area contributed by atoms with Gasteiger partial charge in [-0.3, -0.25) is 4.79 Å². The van der Waals surface area contributed by atoms with Crippen LogP contribution < -0.4 is 10.1 Å². The number of pyridine rings is 1. The van der Waals surface area contributed by atoms with Crippen molar-refractivity contribution in [2.24, 2.45) is 0 Å². The Hall–Kier alpha value is -2.30.